The van der Waals surface area contributed by atoms with Crippen LogP contribution >= 0.6 is 12.2 Å². The van der Waals surface area contributed by atoms with Gasteiger partial charge in [-0.15, -0.1) is 0 Å². The Hall–Kier alpha value is -3.52. The fourth-order valence-electron chi connectivity index (χ4n) is 2.51. The molecule has 0 saturated carbocycles. The van der Waals surface area contributed by atoms with Gasteiger partial charge in [0.15, 0.2) is 5.11 Å². The van der Waals surface area contributed by atoms with Gasteiger partial charge in [-0.1, -0.05) is 42.5 Å². The molecule has 0 bridgehead atoms. The van der Waals surface area contributed by atoms with E-state index in [-0.39, 0.29) is 17.6 Å². The minimum atomic E-state index is -0.618. The number of amides is 2. The van der Waals surface area contributed by atoms with Crippen molar-refractivity contribution in [2.75, 3.05) is 18.6 Å². The molecule has 2 aromatic rings. The number of thiocarbonyl (C=S) groups is 1. The standard InChI is InChI=1S/C22H23N3O4S/c1-3-29-20(27)14-13-19(26)24-22(30)25(2)18-12-8-7-11-17(18)21(28)23-15-16-9-5-4-6-10-16/h4-14H,3,15H2,1-2H3,(H,23,28)(H,24,26,30)/b14-13+. The molecule has 0 unspecified atom stereocenters. The third-order valence-corrected chi connectivity index (χ3v) is 4.37. The minimum absolute atomic E-state index is 0.0804. The van der Waals surface area contributed by atoms with Crippen molar-refractivity contribution in [3.8, 4) is 0 Å². The largest absolute Gasteiger partial charge is 0.463 e. The van der Waals surface area contributed by atoms with Gasteiger partial charge in [0.1, 0.15) is 0 Å². The first kappa shape index (κ1) is 22.8. The molecule has 0 aromatic heterocycles. The number of rotatable bonds is 7. The lowest BCUT2D eigenvalue weighted by Crippen LogP contribution is -2.41. The zero-order valence-electron chi connectivity index (χ0n) is 16.8. The van der Waals surface area contributed by atoms with Gasteiger partial charge in [-0.05, 0) is 36.8 Å². The molecule has 0 spiro atoms. The Morgan fingerprint density at radius 3 is 2.40 bits per heavy atom. The van der Waals surface area contributed by atoms with Gasteiger partial charge < -0.3 is 15.0 Å². The van der Waals surface area contributed by atoms with Crippen LogP contribution in [0.1, 0.15) is 22.8 Å². The maximum Gasteiger partial charge on any atom is 0.330 e. The molecule has 0 fully saturated rings. The molecule has 0 aliphatic carbocycles. The lowest BCUT2D eigenvalue weighted by atomic mass is 10.1. The Labute approximate surface area is 180 Å². The summed E-state index contributed by atoms with van der Waals surface area (Å²) < 4.78 is 4.72. The number of benzene rings is 2. The summed E-state index contributed by atoms with van der Waals surface area (Å²) in [5.41, 5.74) is 1.92. The van der Waals surface area contributed by atoms with E-state index in [0.717, 1.165) is 17.7 Å². The summed E-state index contributed by atoms with van der Waals surface area (Å²) in [7, 11) is 1.64. The van der Waals surface area contributed by atoms with Crippen molar-refractivity contribution in [1.29, 1.82) is 0 Å². The van der Waals surface area contributed by atoms with Crippen LogP contribution in [0.4, 0.5) is 5.69 Å². The molecule has 0 aliphatic heterocycles. The van der Waals surface area contributed by atoms with Gasteiger partial charge in [0.05, 0.1) is 17.9 Å². The average molecular weight is 426 g/mol. The monoisotopic (exact) mass is 425 g/mol. The molecule has 30 heavy (non-hydrogen) atoms. The van der Waals surface area contributed by atoms with E-state index in [1.807, 2.05) is 30.3 Å². The van der Waals surface area contributed by atoms with Crippen molar-refractivity contribution >= 4 is 40.8 Å². The highest BCUT2D eigenvalue weighted by molar-refractivity contribution is 7.80. The van der Waals surface area contributed by atoms with E-state index in [0.29, 0.717) is 17.8 Å². The molecule has 0 heterocycles. The summed E-state index contributed by atoms with van der Waals surface area (Å²) in [5.74, 6) is -1.46. The van der Waals surface area contributed by atoms with Crippen LogP contribution in [0.2, 0.25) is 0 Å². The highest BCUT2D eigenvalue weighted by atomic mass is 32.1. The maximum atomic E-state index is 12.7. The molecule has 7 nitrogen and oxygen atoms in total. The van der Waals surface area contributed by atoms with Crippen molar-refractivity contribution in [1.82, 2.24) is 10.6 Å². The Bertz CT molecular complexity index is 944. The second-order valence-corrected chi connectivity index (χ2v) is 6.51. The minimum Gasteiger partial charge on any atom is -0.463 e. The lowest BCUT2D eigenvalue weighted by Gasteiger charge is -2.22. The van der Waals surface area contributed by atoms with Crippen LogP contribution in [-0.2, 0) is 20.9 Å². The quantitative estimate of drug-likeness (QED) is 0.403. The van der Waals surface area contributed by atoms with Gasteiger partial charge >= 0.3 is 5.97 Å². The van der Waals surface area contributed by atoms with Crippen LogP contribution in [0.3, 0.4) is 0 Å². The lowest BCUT2D eigenvalue weighted by molar-refractivity contribution is -0.137. The van der Waals surface area contributed by atoms with Crippen molar-refractivity contribution in [3.05, 3.63) is 77.9 Å². The van der Waals surface area contributed by atoms with E-state index < -0.39 is 11.9 Å². The molecule has 2 N–H and O–H groups in total. The number of nitrogens with zero attached hydrogens (tertiary/aromatic N) is 1. The molecule has 156 valence electrons. The predicted molar refractivity (Wildman–Crippen MR) is 119 cm³/mol. The topological polar surface area (TPSA) is 87.7 Å². The van der Waals surface area contributed by atoms with E-state index in [1.165, 1.54) is 4.90 Å². The summed E-state index contributed by atoms with van der Waals surface area (Å²) in [4.78, 5) is 37.5. The number of carbonyl (C=O) groups is 3. The molecular weight excluding hydrogens is 402 g/mol. The van der Waals surface area contributed by atoms with Crippen molar-refractivity contribution in [3.63, 3.8) is 0 Å². The van der Waals surface area contributed by atoms with Gasteiger partial charge in [-0.2, -0.15) is 0 Å². The van der Waals surface area contributed by atoms with Crippen LogP contribution in [0.5, 0.6) is 0 Å². The van der Waals surface area contributed by atoms with Crippen molar-refractivity contribution in [2.24, 2.45) is 0 Å². The zero-order valence-corrected chi connectivity index (χ0v) is 17.6. The zero-order chi connectivity index (χ0) is 21.9. The highest BCUT2D eigenvalue weighted by Gasteiger charge is 2.17. The van der Waals surface area contributed by atoms with Crippen LogP contribution in [0, 0.1) is 0 Å². The van der Waals surface area contributed by atoms with Gasteiger partial charge in [0.2, 0.25) is 5.91 Å². The second-order valence-electron chi connectivity index (χ2n) is 6.12. The third-order valence-electron chi connectivity index (χ3n) is 4.00. The fraction of sp³-hybridized carbons (Fsp3) is 0.182. The molecule has 0 saturated heterocycles. The predicted octanol–water partition coefficient (Wildman–Crippen LogP) is 2.57. The normalized spacial score (nSPS) is 10.3. The number of hydrogen-bond donors (Lipinski definition) is 2. The molecule has 2 aromatic carbocycles. The number of anilines is 1. The van der Waals surface area contributed by atoms with E-state index in [1.54, 1.807) is 38.2 Å². The summed E-state index contributed by atoms with van der Waals surface area (Å²) in [5, 5.41) is 5.45. The first-order chi connectivity index (χ1) is 14.4. The number of hydrogen-bond acceptors (Lipinski definition) is 5. The number of carbonyl (C=O) groups excluding carboxylic acids is 3. The van der Waals surface area contributed by atoms with Gasteiger partial charge in [-0.3, -0.25) is 14.9 Å². The van der Waals surface area contributed by atoms with Crippen LogP contribution in [0.25, 0.3) is 0 Å². The van der Waals surface area contributed by atoms with E-state index in [2.05, 4.69) is 10.6 Å². The average Bonchev–Trinajstić information content (AvgIpc) is 2.76. The van der Waals surface area contributed by atoms with E-state index in [4.69, 9.17) is 17.0 Å². The summed E-state index contributed by atoms with van der Waals surface area (Å²) in [6.07, 6.45) is 2.06. The SMILES string of the molecule is CCOC(=O)/C=C/C(=O)NC(=S)N(C)c1ccccc1C(=O)NCc1ccccc1. The van der Waals surface area contributed by atoms with Crippen molar-refractivity contribution < 1.29 is 19.1 Å². The maximum absolute atomic E-state index is 12.7. The summed E-state index contributed by atoms with van der Waals surface area (Å²) in [6, 6.07) is 16.5. The molecule has 2 rings (SSSR count). The van der Waals surface area contributed by atoms with Gasteiger partial charge in [0, 0.05) is 25.7 Å². The molecule has 0 aliphatic rings. The molecular formula is C22H23N3O4S. The Morgan fingerprint density at radius 2 is 1.70 bits per heavy atom. The molecule has 0 atom stereocenters. The van der Waals surface area contributed by atoms with E-state index >= 15 is 0 Å². The number of nitrogens with one attached hydrogen (secondary N) is 2. The van der Waals surface area contributed by atoms with Crippen LogP contribution in [-0.4, -0.2) is 36.6 Å². The Balaban J connectivity index is 2.04. The first-order valence-corrected chi connectivity index (χ1v) is 9.67. The highest BCUT2D eigenvalue weighted by Crippen LogP contribution is 2.19. The molecule has 0 radical (unpaired) electrons. The number of ether oxygens (including phenoxy) is 1. The Morgan fingerprint density at radius 1 is 1.03 bits per heavy atom. The smallest absolute Gasteiger partial charge is 0.330 e. The van der Waals surface area contributed by atoms with Gasteiger partial charge in [0.25, 0.3) is 5.91 Å². The molecule has 2 amide bonds. The van der Waals surface area contributed by atoms with E-state index in [9.17, 15) is 14.4 Å². The second kappa shape index (κ2) is 11.5. The summed E-state index contributed by atoms with van der Waals surface area (Å²) in [6.45, 7) is 2.27. The first-order valence-electron chi connectivity index (χ1n) is 9.27. The molecule has 8 heteroatoms. The van der Waals surface area contributed by atoms with Crippen molar-refractivity contribution in [2.45, 2.75) is 13.5 Å². The third kappa shape index (κ3) is 6.82. The van der Waals surface area contributed by atoms with Crippen LogP contribution in [0.15, 0.2) is 66.7 Å². The Kier molecular flexibility index (Phi) is 8.71. The number of esters is 1. The van der Waals surface area contributed by atoms with Crippen LogP contribution < -0.4 is 15.5 Å². The number of para-hydroxylation sites is 1. The van der Waals surface area contributed by atoms with Gasteiger partial charge in [-0.25, -0.2) is 4.79 Å². The fourth-order valence-corrected chi connectivity index (χ4v) is 2.70. The summed E-state index contributed by atoms with van der Waals surface area (Å²) >= 11 is 5.27.